The number of aryl methyl sites for hydroxylation is 1. The number of carbonyl (C=O) groups is 1. The number of benzene rings is 2. The number of nitrogens with one attached hydrogen (secondary N) is 1. The molecule has 0 radical (unpaired) electrons. The molecule has 0 saturated carbocycles. The zero-order valence-electron chi connectivity index (χ0n) is 14.8. The minimum absolute atomic E-state index is 0.0301. The van der Waals surface area contributed by atoms with Crippen LogP contribution in [0, 0.1) is 6.92 Å². The molecule has 1 N–H and O–H groups in total. The van der Waals surface area contributed by atoms with Crippen molar-refractivity contribution in [2.45, 2.75) is 33.1 Å². The van der Waals surface area contributed by atoms with Crippen LogP contribution in [0.15, 0.2) is 48.5 Å². The molecule has 0 saturated heterocycles. The van der Waals surface area contributed by atoms with E-state index in [0.717, 1.165) is 22.3 Å². The summed E-state index contributed by atoms with van der Waals surface area (Å²) >= 11 is 0. The van der Waals surface area contributed by atoms with Crippen molar-refractivity contribution in [3.05, 3.63) is 65.4 Å². The quantitative estimate of drug-likeness (QED) is 0.736. The van der Waals surface area contributed by atoms with Gasteiger partial charge < -0.3 is 9.88 Å². The van der Waals surface area contributed by atoms with Gasteiger partial charge in [0.2, 0.25) is 5.91 Å². The van der Waals surface area contributed by atoms with Gasteiger partial charge in [0.15, 0.2) is 0 Å². The maximum absolute atomic E-state index is 12.6. The van der Waals surface area contributed by atoms with Gasteiger partial charge in [-0.1, -0.05) is 50.2 Å². The minimum atomic E-state index is 0.0301. The van der Waals surface area contributed by atoms with Gasteiger partial charge >= 0.3 is 0 Å². The highest BCUT2D eigenvalue weighted by atomic mass is 16.1. The summed E-state index contributed by atoms with van der Waals surface area (Å²) in [6.07, 6.45) is 0.389. The lowest BCUT2D eigenvalue weighted by Gasteiger charge is -2.13. The lowest BCUT2D eigenvalue weighted by Crippen LogP contribution is -2.16. The molecule has 124 valence electrons. The van der Waals surface area contributed by atoms with Crippen LogP contribution in [0.5, 0.6) is 0 Å². The van der Waals surface area contributed by atoms with E-state index in [2.05, 4.69) is 48.9 Å². The van der Waals surface area contributed by atoms with E-state index in [0.29, 0.717) is 12.3 Å². The van der Waals surface area contributed by atoms with Crippen LogP contribution < -0.4 is 5.32 Å². The molecule has 0 aliphatic rings. The van der Waals surface area contributed by atoms with E-state index in [1.807, 2.05) is 37.4 Å². The molecule has 0 aliphatic carbocycles. The summed E-state index contributed by atoms with van der Waals surface area (Å²) < 4.78 is 2.15. The Kier molecular flexibility index (Phi) is 4.43. The average Bonchev–Trinajstić information content (AvgIpc) is 2.80. The second-order valence-electron chi connectivity index (χ2n) is 6.61. The van der Waals surface area contributed by atoms with Gasteiger partial charge in [0, 0.05) is 29.3 Å². The van der Waals surface area contributed by atoms with Crippen LogP contribution in [0.1, 0.15) is 36.6 Å². The van der Waals surface area contributed by atoms with Gasteiger partial charge in [-0.05, 0) is 36.1 Å². The largest absolute Gasteiger partial charge is 0.348 e. The van der Waals surface area contributed by atoms with Crippen LogP contribution in [0.4, 0.5) is 5.69 Å². The Balaban J connectivity index is 1.88. The van der Waals surface area contributed by atoms with Crippen molar-refractivity contribution in [1.29, 1.82) is 0 Å². The molecule has 3 nitrogen and oxygen atoms in total. The fourth-order valence-corrected chi connectivity index (χ4v) is 3.29. The second kappa shape index (κ2) is 6.52. The van der Waals surface area contributed by atoms with E-state index < -0.39 is 0 Å². The third-order valence-electron chi connectivity index (χ3n) is 4.72. The van der Waals surface area contributed by atoms with E-state index in [-0.39, 0.29) is 5.91 Å². The summed E-state index contributed by atoms with van der Waals surface area (Å²) in [5.74, 6) is 0.406. The molecule has 0 atom stereocenters. The van der Waals surface area contributed by atoms with E-state index in [9.17, 15) is 4.79 Å². The number of amides is 1. The lowest BCUT2D eigenvalue weighted by atomic mass is 10.0. The Bertz CT molecular complexity index is 890. The van der Waals surface area contributed by atoms with Crippen molar-refractivity contribution >= 4 is 22.5 Å². The Morgan fingerprint density at radius 3 is 2.50 bits per heavy atom. The molecular weight excluding hydrogens is 296 g/mol. The maximum Gasteiger partial charge on any atom is 0.228 e. The monoisotopic (exact) mass is 320 g/mol. The van der Waals surface area contributed by atoms with Crippen LogP contribution in [-0.2, 0) is 18.3 Å². The first-order chi connectivity index (χ1) is 11.5. The number of rotatable bonds is 4. The van der Waals surface area contributed by atoms with Crippen LogP contribution in [0.25, 0.3) is 10.9 Å². The van der Waals surface area contributed by atoms with Gasteiger partial charge in [-0.15, -0.1) is 0 Å². The number of hydrogen-bond acceptors (Lipinski definition) is 1. The summed E-state index contributed by atoms with van der Waals surface area (Å²) in [5.41, 5.74) is 5.49. The summed E-state index contributed by atoms with van der Waals surface area (Å²) in [5, 5.41) is 4.25. The van der Waals surface area contributed by atoms with E-state index in [1.54, 1.807) is 0 Å². The Morgan fingerprint density at radius 2 is 1.75 bits per heavy atom. The summed E-state index contributed by atoms with van der Waals surface area (Å²) in [4.78, 5) is 12.6. The first kappa shape index (κ1) is 16.3. The fourth-order valence-electron chi connectivity index (χ4n) is 3.29. The number of fused-ring (bicyclic) bond motifs is 1. The van der Waals surface area contributed by atoms with Gasteiger partial charge in [0.1, 0.15) is 0 Å². The molecule has 0 fully saturated rings. The fraction of sp³-hybridized carbons (Fsp3) is 0.286. The second-order valence-corrected chi connectivity index (χ2v) is 6.61. The molecule has 0 spiro atoms. The number of aromatic nitrogens is 1. The van der Waals surface area contributed by atoms with E-state index in [4.69, 9.17) is 0 Å². The molecule has 3 rings (SSSR count). The summed E-state index contributed by atoms with van der Waals surface area (Å²) in [6, 6.07) is 16.3. The van der Waals surface area contributed by atoms with Gasteiger partial charge in [-0.2, -0.15) is 0 Å². The Hall–Kier alpha value is -2.55. The number of nitrogens with zero attached hydrogens (tertiary/aromatic N) is 1. The number of hydrogen-bond donors (Lipinski definition) is 1. The van der Waals surface area contributed by atoms with Crippen molar-refractivity contribution in [1.82, 2.24) is 4.57 Å². The molecule has 3 aromatic rings. The van der Waals surface area contributed by atoms with Gasteiger partial charge in [0.05, 0.1) is 6.42 Å². The highest BCUT2D eigenvalue weighted by Crippen LogP contribution is 2.27. The molecule has 0 unspecified atom stereocenters. The average molecular weight is 320 g/mol. The normalized spacial score (nSPS) is 11.2. The zero-order valence-corrected chi connectivity index (χ0v) is 14.8. The number of carbonyl (C=O) groups excluding carboxylic acids is 1. The predicted octanol–water partition coefficient (Wildman–Crippen LogP) is 4.79. The van der Waals surface area contributed by atoms with Crippen molar-refractivity contribution in [3.8, 4) is 0 Å². The molecule has 1 aromatic heterocycles. The summed E-state index contributed by atoms with van der Waals surface area (Å²) in [6.45, 7) is 6.35. The molecular formula is C21H24N2O. The lowest BCUT2D eigenvalue weighted by molar-refractivity contribution is -0.115. The van der Waals surface area contributed by atoms with Gasteiger partial charge in [-0.3, -0.25) is 4.79 Å². The molecule has 3 heteroatoms. The highest BCUT2D eigenvalue weighted by molar-refractivity contribution is 5.97. The molecule has 2 aromatic carbocycles. The highest BCUT2D eigenvalue weighted by Gasteiger charge is 2.16. The molecule has 1 heterocycles. The SMILES string of the molecule is Cc1c(CC(=O)Nc2ccccc2C(C)C)c2ccccc2n1C. The van der Waals surface area contributed by atoms with Gasteiger partial charge in [-0.25, -0.2) is 0 Å². The van der Waals surface area contributed by atoms with Crippen LogP contribution in [0.2, 0.25) is 0 Å². The predicted molar refractivity (Wildman–Crippen MR) is 101 cm³/mol. The van der Waals surface area contributed by atoms with Crippen LogP contribution in [0.3, 0.4) is 0 Å². The zero-order chi connectivity index (χ0) is 17.3. The van der Waals surface area contributed by atoms with Crippen molar-refractivity contribution in [3.63, 3.8) is 0 Å². The van der Waals surface area contributed by atoms with Crippen LogP contribution >= 0.6 is 0 Å². The van der Waals surface area contributed by atoms with Gasteiger partial charge in [0.25, 0.3) is 0 Å². The number of anilines is 1. The van der Waals surface area contributed by atoms with Crippen molar-refractivity contribution in [2.75, 3.05) is 5.32 Å². The molecule has 24 heavy (non-hydrogen) atoms. The van der Waals surface area contributed by atoms with Crippen molar-refractivity contribution < 1.29 is 4.79 Å². The van der Waals surface area contributed by atoms with E-state index in [1.165, 1.54) is 11.1 Å². The summed E-state index contributed by atoms with van der Waals surface area (Å²) in [7, 11) is 2.05. The smallest absolute Gasteiger partial charge is 0.228 e. The first-order valence-corrected chi connectivity index (χ1v) is 8.40. The number of para-hydroxylation sites is 2. The van der Waals surface area contributed by atoms with Crippen molar-refractivity contribution in [2.24, 2.45) is 7.05 Å². The minimum Gasteiger partial charge on any atom is -0.348 e. The standard InChI is InChI=1S/C21H24N2O/c1-14(2)16-9-5-7-11-19(16)22-21(24)13-18-15(3)23(4)20-12-8-6-10-17(18)20/h5-12,14H,13H2,1-4H3,(H,22,24). The molecule has 0 bridgehead atoms. The third-order valence-corrected chi connectivity index (χ3v) is 4.72. The maximum atomic E-state index is 12.6. The topological polar surface area (TPSA) is 34.0 Å². The molecule has 1 amide bonds. The third kappa shape index (κ3) is 2.94. The first-order valence-electron chi connectivity index (χ1n) is 8.40. The Labute approximate surface area is 143 Å². The van der Waals surface area contributed by atoms with E-state index >= 15 is 0 Å². The molecule has 0 aliphatic heterocycles. The van der Waals surface area contributed by atoms with Crippen LogP contribution in [-0.4, -0.2) is 10.5 Å². The Morgan fingerprint density at radius 1 is 1.08 bits per heavy atom.